The van der Waals surface area contributed by atoms with Crippen LogP contribution in [0.3, 0.4) is 0 Å². The Morgan fingerprint density at radius 2 is 1.85 bits per heavy atom. The van der Waals surface area contributed by atoms with E-state index in [0.29, 0.717) is 12.0 Å². The Bertz CT molecular complexity index is 744. The second kappa shape index (κ2) is 5.95. The van der Waals surface area contributed by atoms with E-state index in [4.69, 9.17) is 9.47 Å². The average Bonchev–Trinajstić information content (AvgIpc) is 3.12. The summed E-state index contributed by atoms with van der Waals surface area (Å²) in [6, 6.07) is 6.09. The molecule has 27 heavy (non-hydrogen) atoms. The minimum Gasteiger partial charge on any atom is -0.508 e. The number of phenolic OH excluding ortho intramolecular Hbond substituents is 1. The summed E-state index contributed by atoms with van der Waals surface area (Å²) in [4.78, 5) is 12.8. The molecule has 1 aromatic rings. The van der Waals surface area contributed by atoms with Crippen LogP contribution in [-0.4, -0.2) is 39.6 Å². The molecule has 0 spiro atoms. The van der Waals surface area contributed by atoms with Crippen LogP contribution in [-0.2, 0) is 9.47 Å². The molecule has 2 aliphatic carbocycles. The zero-order valence-electron chi connectivity index (χ0n) is 16.6. The average molecular weight is 374 g/mol. The first-order valence-electron chi connectivity index (χ1n) is 9.98. The van der Waals surface area contributed by atoms with Gasteiger partial charge in [-0.1, -0.05) is 20.8 Å². The molecule has 2 N–H and O–H groups in total. The molecular weight excluding hydrogens is 344 g/mol. The van der Waals surface area contributed by atoms with E-state index in [0.717, 1.165) is 19.3 Å². The Hall–Kier alpha value is -1.59. The summed E-state index contributed by atoms with van der Waals surface area (Å²) in [7, 11) is 0. The van der Waals surface area contributed by atoms with E-state index in [2.05, 4.69) is 27.7 Å². The molecule has 0 radical (unpaired) electrons. The van der Waals surface area contributed by atoms with Crippen molar-refractivity contribution in [3.63, 3.8) is 0 Å². The van der Waals surface area contributed by atoms with Crippen molar-refractivity contribution in [2.24, 2.45) is 17.3 Å². The van der Waals surface area contributed by atoms with E-state index in [9.17, 15) is 15.0 Å². The minimum absolute atomic E-state index is 0.0855. The monoisotopic (exact) mass is 374 g/mol. The van der Waals surface area contributed by atoms with Gasteiger partial charge >= 0.3 is 5.97 Å². The molecule has 0 unspecified atom stereocenters. The lowest BCUT2D eigenvalue weighted by atomic mass is 9.67. The fourth-order valence-electron chi connectivity index (χ4n) is 5.63. The highest BCUT2D eigenvalue weighted by Crippen LogP contribution is 2.63. The molecule has 1 saturated heterocycles. The lowest BCUT2D eigenvalue weighted by molar-refractivity contribution is -0.120. The van der Waals surface area contributed by atoms with E-state index in [-0.39, 0.29) is 34.7 Å². The molecule has 0 aromatic heterocycles. The molecule has 2 saturated carbocycles. The Labute approximate surface area is 160 Å². The molecule has 3 aliphatic rings. The van der Waals surface area contributed by atoms with Crippen LogP contribution < -0.4 is 0 Å². The van der Waals surface area contributed by atoms with Gasteiger partial charge in [-0.25, -0.2) is 4.79 Å². The van der Waals surface area contributed by atoms with Crippen LogP contribution >= 0.6 is 0 Å². The number of hydrogen-bond acceptors (Lipinski definition) is 5. The van der Waals surface area contributed by atoms with Gasteiger partial charge in [-0.3, -0.25) is 0 Å². The molecule has 1 heterocycles. The highest BCUT2D eigenvalue weighted by Gasteiger charge is 2.68. The number of rotatable bonds is 3. The number of epoxide rings is 1. The molecule has 4 rings (SSSR count). The van der Waals surface area contributed by atoms with E-state index in [1.54, 1.807) is 12.1 Å². The van der Waals surface area contributed by atoms with E-state index in [1.807, 2.05) is 0 Å². The van der Waals surface area contributed by atoms with E-state index < -0.39 is 17.7 Å². The van der Waals surface area contributed by atoms with Crippen LogP contribution in [0, 0.1) is 17.3 Å². The third-order valence-corrected chi connectivity index (χ3v) is 7.41. The quantitative estimate of drug-likeness (QED) is 0.623. The van der Waals surface area contributed by atoms with Crippen molar-refractivity contribution < 1.29 is 24.5 Å². The summed E-state index contributed by atoms with van der Waals surface area (Å²) in [5.41, 5.74) is -0.826. The standard InChI is InChI=1S/C22H30O5/c1-13(2)22(25)10-9-20(3)12-17-21(4,27-17)11-16(18(20)22)26-19(24)14-5-7-15(23)8-6-14/h5-8,13,16-18,23,25H,9-12H2,1-4H3/t16-,17+,18+,20+,21-,22+/m0/s1. The highest BCUT2D eigenvalue weighted by atomic mass is 16.6. The third-order valence-electron chi connectivity index (χ3n) is 7.41. The Morgan fingerprint density at radius 1 is 1.19 bits per heavy atom. The fourth-order valence-corrected chi connectivity index (χ4v) is 5.63. The van der Waals surface area contributed by atoms with Crippen molar-refractivity contribution in [1.82, 2.24) is 0 Å². The fraction of sp³-hybridized carbons (Fsp3) is 0.682. The van der Waals surface area contributed by atoms with Crippen molar-refractivity contribution >= 4 is 5.97 Å². The first-order chi connectivity index (χ1) is 12.6. The van der Waals surface area contributed by atoms with Gasteiger partial charge in [0.2, 0.25) is 0 Å². The topological polar surface area (TPSA) is 79.3 Å². The summed E-state index contributed by atoms with van der Waals surface area (Å²) in [5, 5.41) is 21.0. The maximum atomic E-state index is 12.8. The molecule has 0 amide bonds. The van der Waals surface area contributed by atoms with Crippen molar-refractivity contribution in [2.75, 3.05) is 0 Å². The number of ether oxygens (including phenoxy) is 2. The van der Waals surface area contributed by atoms with Gasteiger partial charge in [0.15, 0.2) is 0 Å². The molecule has 1 aromatic carbocycles. The van der Waals surface area contributed by atoms with Crippen molar-refractivity contribution in [3.05, 3.63) is 29.8 Å². The zero-order valence-corrected chi connectivity index (χ0v) is 16.6. The number of benzene rings is 1. The predicted molar refractivity (Wildman–Crippen MR) is 100 cm³/mol. The second-order valence-corrected chi connectivity index (χ2v) is 9.60. The smallest absolute Gasteiger partial charge is 0.338 e. The van der Waals surface area contributed by atoms with Crippen molar-refractivity contribution in [3.8, 4) is 5.75 Å². The number of aliphatic hydroxyl groups is 1. The highest BCUT2D eigenvalue weighted by molar-refractivity contribution is 5.89. The number of fused-ring (bicyclic) bond motifs is 2. The molecule has 0 bridgehead atoms. The van der Waals surface area contributed by atoms with Gasteiger partial charge in [0.1, 0.15) is 11.9 Å². The zero-order chi connectivity index (χ0) is 19.6. The Balaban J connectivity index is 1.67. The molecule has 1 aliphatic heterocycles. The number of aromatic hydroxyl groups is 1. The van der Waals surface area contributed by atoms with Gasteiger partial charge in [0.25, 0.3) is 0 Å². The van der Waals surface area contributed by atoms with Gasteiger partial charge in [-0.15, -0.1) is 0 Å². The molecule has 148 valence electrons. The predicted octanol–water partition coefficient (Wildman–Crippen LogP) is 3.67. The van der Waals surface area contributed by atoms with E-state index in [1.165, 1.54) is 12.1 Å². The van der Waals surface area contributed by atoms with Gasteiger partial charge in [-0.2, -0.15) is 0 Å². The Kier molecular flexibility index (Phi) is 4.13. The maximum Gasteiger partial charge on any atom is 0.338 e. The van der Waals surface area contributed by atoms with Crippen LogP contribution in [0.5, 0.6) is 5.75 Å². The summed E-state index contributed by atoms with van der Waals surface area (Å²) in [5.74, 6) is -0.329. The van der Waals surface area contributed by atoms with Crippen LogP contribution in [0.4, 0.5) is 0 Å². The third kappa shape index (κ3) is 2.95. The number of esters is 1. The number of phenols is 1. The summed E-state index contributed by atoms with van der Waals surface area (Å²) < 4.78 is 12.0. The summed E-state index contributed by atoms with van der Waals surface area (Å²) in [6.45, 7) is 8.40. The normalized spacial score (nSPS) is 43.0. The van der Waals surface area contributed by atoms with Gasteiger partial charge in [0, 0.05) is 12.3 Å². The summed E-state index contributed by atoms with van der Waals surface area (Å²) >= 11 is 0. The molecule has 5 nitrogen and oxygen atoms in total. The Morgan fingerprint density at radius 3 is 2.48 bits per heavy atom. The number of carbonyl (C=O) groups is 1. The van der Waals surface area contributed by atoms with Crippen LogP contribution in [0.1, 0.15) is 63.7 Å². The minimum atomic E-state index is -0.845. The second-order valence-electron chi connectivity index (χ2n) is 9.60. The van der Waals surface area contributed by atoms with Gasteiger partial charge in [-0.05, 0) is 61.8 Å². The van der Waals surface area contributed by atoms with E-state index >= 15 is 0 Å². The molecule has 6 atom stereocenters. The molecule has 3 fully saturated rings. The van der Waals surface area contributed by atoms with Crippen molar-refractivity contribution in [2.45, 2.75) is 76.8 Å². The maximum absolute atomic E-state index is 12.8. The first-order valence-corrected chi connectivity index (χ1v) is 9.98. The van der Waals surface area contributed by atoms with Crippen LogP contribution in [0.15, 0.2) is 24.3 Å². The number of hydrogen-bond donors (Lipinski definition) is 2. The lowest BCUT2D eigenvalue weighted by Crippen LogP contribution is -2.50. The van der Waals surface area contributed by atoms with Crippen LogP contribution in [0.2, 0.25) is 0 Å². The largest absolute Gasteiger partial charge is 0.508 e. The lowest BCUT2D eigenvalue weighted by Gasteiger charge is -2.44. The van der Waals surface area contributed by atoms with Gasteiger partial charge in [0.05, 0.1) is 22.9 Å². The van der Waals surface area contributed by atoms with Gasteiger partial charge < -0.3 is 19.7 Å². The SMILES string of the molecule is CC(C)[C@]1(O)CC[C@]2(C)C[C@H]3O[C@@]3(C)C[C@H](OC(=O)c3ccc(O)cc3)[C@H]21. The molecule has 5 heteroatoms. The van der Waals surface area contributed by atoms with Crippen LogP contribution in [0.25, 0.3) is 0 Å². The molecular formula is C22H30O5. The first kappa shape index (κ1) is 18.8. The number of carbonyl (C=O) groups excluding carboxylic acids is 1. The summed E-state index contributed by atoms with van der Waals surface area (Å²) in [6.07, 6.45) is 2.92. The van der Waals surface area contributed by atoms with Crippen molar-refractivity contribution in [1.29, 1.82) is 0 Å².